The molecule has 0 radical (unpaired) electrons. The Kier molecular flexibility index (Phi) is 50.1. The van der Waals surface area contributed by atoms with E-state index < -0.39 is 67.4 Å². The zero-order chi connectivity index (χ0) is 57.5. The van der Waals surface area contributed by atoms with Crippen molar-refractivity contribution in [1.82, 2.24) is 5.32 Å². The number of carbonyl (C=O) groups is 2. The van der Waals surface area contributed by atoms with Crippen LogP contribution in [0.4, 0.5) is 0 Å². The van der Waals surface area contributed by atoms with Crippen molar-refractivity contribution in [2.75, 3.05) is 13.2 Å². The molecule has 448 valence electrons. The minimum Gasteiger partial charge on any atom is -0.454 e. The summed E-state index contributed by atoms with van der Waals surface area (Å²) in [4.78, 5) is 26.5. The van der Waals surface area contributed by atoms with E-state index in [1.165, 1.54) is 64.2 Å². The number of hydrogen-bond donors (Lipinski definition) is 6. The van der Waals surface area contributed by atoms with Gasteiger partial charge < -0.3 is 45.1 Å². The van der Waals surface area contributed by atoms with Gasteiger partial charge in [0.1, 0.15) is 24.4 Å². The number of allylic oxidation sites excluding steroid dienone is 21. The average molecular weight is 1100 g/mol. The molecule has 11 nitrogen and oxygen atoms in total. The van der Waals surface area contributed by atoms with Crippen molar-refractivity contribution < 1.29 is 49.3 Å². The molecule has 0 aromatic carbocycles. The number of aliphatic hydroxyl groups is 5. The third-order valence-electron chi connectivity index (χ3n) is 13.7. The third kappa shape index (κ3) is 42.3. The van der Waals surface area contributed by atoms with Crippen LogP contribution in [-0.2, 0) is 23.8 Å². The van der Waals surface area contributed by atoms with Crippen LogP contribution in [0.5, 0.6) is 0 Å². The van der Waals surface area contributed by atoms with Gasteiger partial charge in [-0.1, -0.05) is 257 Å². The van der Waals surface area contributed by atoms with E-state index in [0.717, 1.165) is 109 Å². The molecule has 6 N–H and O–H groups in total. The maximum absolute atomic E-state index is 13.4. The van der Waals surface area contributed by atoms with Gasteiger partial charge in [0, 0.05) is 6.42 Å². The Morgan fingerprint density at radius 1 is 0.519 bits per heavy atom. The van der Waals surface area contributed by atoms with Crippen LogP contribution in [-0.4, -0.2) is 99.6 Å². The minimum atomic E-state index is -1.64. The highest BCUT2D eigenvalue weighted by Crippen LogP contribution is 2.26. The van der Waals surface area contributed by atoms with Gasteiger partial charge in [-0.05, 0) is 89.9 Å². The third-order valence-corrected chi connectivity index (χ3v) is 13.7. The molecule has 0 aromatic heterocycles. The number of hydrogen-bond acceptors (Lipinski definition) is 10. The topological polar surface area (TPSA) is 175 Å². The second kappa shape index (κ2) is 54.4. The Balaban J connectivity index is 2.69. The Hall–Kier alpha value is -4.20. The second-order valence-corrected chi connectivity index (χ2v) is 20.9. The molecule has 0 saturated carbocycles. The van der Waals surface area contributed by atoms with Crippen molar-refractivity contribution in [3.8, 4) is 0 Å². The molecular formula is C68H111NO10. The molecule has 0 aliphatic carbocycles. The maximum atomic E-state index is 13.4. The van der Waals surface area contributed by atoms with E-state index in [0.29, 0.717) is 12.8 Å². The van der Waals surface area contributed by atoms with Gasteiger partial charge in [0.15, 0.2) is 12.4 Å². The normalized spacial score (nSPS) is 19.8. The zero-order valence-electron chi connectivity index (χ0n) is 49.4. The first-order chi connectivity index (χ1) is 38.7. The Morgan fingerprint density at radius 2 is 0.962 bits per heavy atom. The lowest BCUT2D eigenvalue weighted by Gasteiger charge is -2.41. The molecule has 8 unspecified atom stereocenters. The second-order valence-electron chi connectivity index (χ2n) is 20.9. The molecule has 1 saturated heterocycles. The number of rotatable bonds is 50. The van der Waals surface area contributed by atoms with Crippen molar-refractivity contribution in [3.63, 3.8) is 0 Å². The van der Waals surface area contributed by atoms with Crippen molar-refractivity contribution in [3.05, 3.63) is 134 Å². The summed E-state index contributed by atoms with van der Waals surface area (Å²) in [5.74, 6) is -1.26. The van der Waals surface area contributed by atoms with E-state index in [4.69, 9.17) is 14.2 Å². The van der Waals surface area contributed by atoms with E-state index in [2.05, 4.69) is 80.8 Å². The van der Waals surface area contributed by atoms with Crippen LogP contribution < -0.4 is 5.32 Å². The molecule has 1 heterocycles. The molecular weight excluding hydrogens is 991 g/mol. The predicted octanol–water partition coefficient (Wildman–Crippen LogP) is 14.8. The van der Waals surface area contributed by atoms with Crippen molar-refractivity contribution >= 4 is 11.9 Å². The number of ether oxygens (including phenoxy) is 3. The van der Waals surface area contributed by atoms with Gasteiger partial charge in [-0.25, -0.2) is 0 Å². The van der Waals surface area contributed by atoms with Gasteiger partial charge >= 0.3 is 5.97 Å². The number of aliphatic hydroxyl groups excluding tert-OH is 5. The van der Waals surface area contributed by atoms with Gasteiger partial charge in [0.2, 0.25) is 5.91 Å². The molecule has 1 aliphatic rings. The number of amides is 1. The van der Waals surface area contributed by atoms with E-state index in [-0.39, 0.29) is 19.4 Å². The Bertz CT molecular complexity index is 1790. The maximum Gasteiger partial charge on any atom is 0.306 e. The van der Waals surface area contributed by atoms with Crippen LogP contribution in [0.1, 0.15) is 220 Å². The SMILES string of the molecule is CC\C=C/C=C/C=C/C=C\C=C\C=C\CCCCC(O)C(=O)NC(COC1OC(CO)C(O)C(O)C1OC(=O)CCCCCCCCC/C=C\C/C=C\C/C=C\C/C=C\CCCCC)C(O)/C=C/CCCCCCCCCCC. The van der Waals surface area contributed by atoms with Gasteiger partial charge in [0.25, 0.3) is 0 Å². The highest BCUT2D eigenvalue weighted by molar-refractivity contribution is 5.80. The molecule has 1 fully saturated rings. The van der Waals surface area contributed by atoms with Gasteiger partial charge in [-0.15, -0.1) is 0 Å². The zero-order valence-corrected chi connectivity index (χ0v) is 49.4. The summed E-state index contributed by atoms with van der Waals surface area (Å²) in [5.41, 5.74) is 0. The van der Waals surface area contributed by atoms with Crippen LogP contribution >= 0.6 is 0 Å². The Labute approximate surface area is 480 Å². The van der Waals surface area contributed by atoms with Gasteiger partial charge in [-0.3, -0.25) is 9.59 Å². The largest absolute Gasteiger partial charge is 0.454 e. The van der Waals surface area contributed by atoms with Crippen molar-refractivity contribution in [1.29, 1.82) is 0 Å². The smallest absolute Gasteiger partial charge is 0.306 e. The molecule has 1 amide bonds. The number of carbonyl (C=O) groups excluding carboxylic acids is 2. The van der Waals surface area contributed by atoms with E-state index in [9.17, 15) is 35.1 Å². The van der Waals surface area contributed by atoms with Crippen LogP contribution in [0.15, 0.2) is 134 Å². The predicted molar refractivity (Wildman–Crippen MR) is 328 cm³/mol. The lowest BCUT2D eigenvalue weighted by atomic mass is 9.99. The molecule has 0 aromatic rings. The standard InChI is InChI=1S/C68H111NO10/c1-4-7-10-13-16-19-22-24-26-28-29-30-31-32-33-34-36-38-41-44-47-50-53-56-63(73)79-66-65(75)64(74)62(57-70)78-68(66)77-58-59(60(71)54-51-48-45-42-39-21-18-15-12-9-6-3)69-67(76)61(72)55-52-49-46-43-40-37-35-27-25-23-20-17-14-11-8-5-2/h8,11,14,16-17,19-20,23-27,29-30,32-33,35,37,40,43,51,54,59-62,64-66,68,70-72,74-75H,4-7,9-10,12-13,15,18,21-22,28,31,34,36,38-39,41-42,44-50,52-53,55-58H2,1-3H3,(H,69,76)/b11-8-,17-14+,19-16-,23-20+,26-24-,27-25-,30-29-,33-32-,37-35+,43-40+,54-51+. The van der Waals surface area contributed by atoms with Crippen LogP contribution in [0, 0.1) is 0 Å². The lowest BCUT2D eigenvalue weighted by Crippen LogP contribution is -2.61. The van der Waals surface area contributed by atoms with Crippen molar-refractivity contribution in [2.45, 2.75) is 269 Å². The molecule has 1 aliphatic heterocycles. The molecule has 1 rings (SSSR count). The first kappa shape index (κ1) is 72.8. The molecule has 0 bridgehead atoms. The molecule has 0 spiro atoms. The van der Waals surface area contributed by atoms with Gasteiger partial charge in [-0.2, -0.15) is 0 Å². The first-order valence-corrected chi connectivity index (χ1v) is 31.0. The van der Waals surface area contributed by atoms with Crippen LogP contribution in [0.2, 0.25) is 0 Å². The van der Waals surface area contributed by atoms with Crippen molar-refractivity contribution in [2.24, 2.45) is 0 Å². The molecule has 79 heavy (non-hydrogen) atoms. The summed E-state index contributed by atoms with van der Waals surface area (Å²) in [6.45, 7) is 5.55. The van der Waals surface area contributed by atoms with Gasteiger partial charge in [0.05, 0.1) is 25.4 Å². The fourth-order valence-electron chi connectivity index (χ4n) is 8.78. The summed E-state index contributed by atoms with van der Waals surface area (Å²) < 4.78 is 17.6. The highest BCUT2D eigenvalue weighted by atomic mass is 16.7. The monoisotopic (exact) mass is 1100 g/mol. The molecule has 11 heteroatoms. The Morgan fingerprint density at radius 3 is 1.51 bits per heavy atom. The van der Waals surface area contributed by atoms with Crippen LogP contribution in [0.25, 0.3) is 0 Å². The first-order valence-electron chi connectivity index (χ1n) is 31.0. The fraction of sp³-hybridized carbons (Fsp3) is 0.647. The van der Waals surface area contributed by atoms with E-state index in [1.807, 2.05) is 72.9 Å². The number of nitrogens with one attached hydrogen (secondary N) is 1. The van der Waals surface area contributed by atoms with E-state index in [1.54, 1.807) is 6.08 Å². The lowest BCUT2D eigenvalue weighted by molar-refractivity contribution is -0.305. The summed E-state index contributed by atoms with van der Waals surface area (Å²) in [7, 11) is 0. The quantitative estimate of drug-likeness (QED) is 0.0149. The molecule has 8 atom stereocenters. The summed E-state index contributed by atoms with van der Waals surface area (Å²) in [5, 5.41) is 56.9. The number of unbranched alkanes of at least 4 members (excludes halogenated alkanes) is 21. The summed E-state index contributed by atoms with van der Waals surface area (Å²) in [6.07, 6.45) is 66.3. The van der Waals surface area contributed by atoms with E-state index >= 15 is 0 Å². The fourth-order valence-corrected chi connectivity index (χ4v) is 8.78. The summed E-state index contributed by atoms with van der Waals surface area (Å²) in [6, 6.07) is -1.06. The average Bonchev–Trinajstić information content (AvgIpc) is 3.45. The van der Waals surface area contributed by atoms with Crippen LogP contribution in [0.3, 0.4) is 0 Å². The summed E-state index contributed by atoms with van der Waals surface area (Å²) >= 11 is 0. The highest BCUT2D eigenvalue weighted by Gasteiger charge is 2.47. The minimum absolute atomic E-state index is 0.0970. The number of esters is 1.